The minimum absolute atomic E-state index is 0.134. The van der Waals surface area contributed by atoms with Gasteiger partial charge in [0, 0.05) is 53.8 Å². The predicted octanol–water partition coefficient (Wildman–Crippen LogP) is 2.84. The van der Waals surface area contributed by atoms with E-state index in [4.69, 9.17) is 14.6 Å². The van der Waals surface area contributed by atoms with Crippen molar-refractivity contribution in [1.29, 1.82) is 0 Å². The fraction of sp³-hybridized carbons (Fsp3) is 0.652. The zero-order chi connectivity index (χ0) is 20.6. The molecule has 1 saturated heterocycles. The average molecular weight is 403 g/mol. The second-order valence-electron chi connectivity index (χ2n) is 8.76. The van der Waals surface area contributed by atoms with Crippen LogP contribution in [0.25, 0.3) is 10.9 Å². The molecule has 6 nitrogen and oxygen atoms in total. The van der Waals surface area contributed by atoms with Crippen LogP contribution >= 0.6 is 0 Å². The highest BCUT2D eigenvalue weighted by atomic mass is 16.5. The standard InChI is InChI=1S/C23H34N2O4/c1-15-23(14-27)12-16(6-4-5-9-26)13-25(15)8-7-17-18-10-20(28-2)21(29-3)11-19(18)24-22(17)23/h10-11,15-16,24,26-27H,4-9,12-14H2,1-3H3/t15?,16-,23?/m0/s1. The minimum Gasteiger partial charge on any atom is -0.493 e. The molecule has 6 heteroatoms. The summed E-state index contributed by atoms with van der Waals surface area (Å²) in [4.78, 5) is 6.24. The normalized spacial score (nSPS) is 28.8. The molecule has 2 aliphatic rings. The van der Waals surface area contributed by atoms with Gasteiger partial charge in [-0.2, -0.15) is 0 Å². The summed E-state index contributed by atoms with van der Waals surface area (Å²) in [5.41, 5.74) is 3.24. The number of H-pyrrole nitrogens is 1. The van der Waals surface area contributed by atoms with Gasteiger partial charge in [-0.3, -0.25) is 4.90 Å². The van der Waals surface area contributed by atoms with Crippen molar-refractivity contribution in [3.63, 3.8) is 0 Å². The van der Waals surface area contributed by atoms with Crippen molar-refractivity contribution in [2.75, 3.05) is 40.5 Å². The monoisotopic (exact) mass is 402 g/mol. The number of ether oxygens (including phenoxy) is 2. The van der Waals surface area contributed by atoms with Crippen LogP contribution in [0.1, 0.15) is 43.9 Å². The topological polar surface area (TPSA) is 78.0 Å². The van der Waals surface area contributed by atoms with Crippen molar-refractivity contribution in [3.8, 4) is 11.5 Å². The van der Waals surface area contributed by atoms with Crippen LogP contribution in [0, 0.1) is 5.92 Å². The second-order valence-corrected chi connectivity index (χ2v) is 8.76. The highest BCUT2D eigenvalue weighted by Crippen LogP contribution is 2.48. The predicted molar refractivity (Wildman–Crippen MR) is 114 cm³/mol. The number of fused-ring (bicyclic) bond motifs is 6. The molecule has 2 bridgehead atoms. The maximum atomic E-state index is 10.7. The third kappa shape index (κ3) is 3.31. The Labute approximate surface area is 172 Å². The zero-order valence-electron chi connectivity index (χ0n) is 17.8. The van der Waals surface area contributed by atoms with Crippen LogP contribution in [0.15, 0.2) is 12.1 Å². The number of aromatic nitrogens is 1. The molecule has 0 spiro atoms. The van der Waals surface area contributed by atoms with Gasteiger partial charge in [0.05, 0.1) is 20.8 Å². The Bertz CT molecular complexity index is 864. The van der Waals surface area contributed by atoms with Crippen LogP contribution in [0.4, 0.5) is 0 Å². The third-order valence-electron chi connectivity index (χ3n) is 7.35. The molecule has 0 aliphatic carbocycles. The molecule has 2 aromatic rings. The minimum atomic E-state index is -0.298. The van der Waals surface area contributed by atoms with E-state index >= 15 is 0 Å². The first kappa shape index (κ1) is 20.5. The number of aromatic amines is 1. The second kappa shape index (κ2) is 8.17. The van der Waals surface area contributed by atoms with E-state index in [9.17, 15) is 5.11 Å². The van der Waals surface area contributed by atoms with Crippen LogP contribution in [0.5, 0.6) is 11.5 Å². The van der Waals surface area contributed by atoms with E-state index in [0.717, 1.165) is 62.2 Å². The number of methoxy groups -OCH3 is 2. The maximum absolute atomic E-state index is 10.7. The summed E-state index contributed by atoms with van der Waals surface area (Å²) in [7, 11) is 3.33. The summed E-state index contributed by atoms with van der Waals surface area (Å²) in [5, 5.41) is 21.0. The molecular weight excluding hydrogens is 368 g/mol. The van der Waals surface area contributed by atoms with Gasteiger partial charge in [-0.15, -0.1) is 0 Å². The van der Waals surface area contributed by atoms with Crippen molar-refractivity contribution >= 4 is 10.9 Å². The Balaban J connectivity index is 1.80. The van der Waals surface area contributed by atoms with Crippen LogP contribution in [0.2, 0.25) is 0 Å². The summed E-state index contributed by atoms with van der Waals surface area (Å²) in [5.74, 6) is 1.99. The number of rotatable bonds is 7. The highest BCUT2D eigenvalue weighted by Gasteiger charge is 2.49. The quantitative estimate of drug-likeness (QED) is 0.621. The first-order valence-corrected chi connectivity index (χ1v) is 10.8. The number of benzene rings is 1. The molecule has 3 unspecified atom stereocenters. The van der Waals surface area contributed by atoms with E-state index in [1.165, 1.54) is 16.6 Å². The van der Waals surface area contributed by atoms with E-state index in [0.29, 0.717) is 5.92 Å². The van der Waals surface area contributed by atoms with Gasteiger partial charge in [0.1, 0.15) is 0 Å². The summed E-state index contributed by atoms with van der Waals surface area (Å²) >= 11 is 0. The average Bonchev–Trinajstić information content (AvgIpc) is 3.08. The number of nitrogens with one attached hydrogen (secondary N) is 1. The fourth-order valence-electron chi connectivity index (χ4n) is 5.72. The van der Waals surface area contributed by atoms with Crippen molar-refractivity contribution in [1.82, 2.24) is 9.88 Å². The molecule has 0 saturated carbocycles. The van der Waals surface area contributed by atoms with Gasteiger partial charge < -0.3 is 24.7 Å². The van der Waals surface area contributed by atoms with Crippen molar-refractivity contribution < 1.29 is 19.7 Å². The molecule has 4 atom stereocenters. The van der Waals surface area contributed by atoms with Gasteiger partial charge in [0.25, 0.3) is 0 Å². The summed E-state index contributed by atoms with van der Waals surface area (Å²) in [6.45, 7) is 4.73. The Morgan fingerprint density at radius 1 is 1.17 bits per heavy atom. The molecule has 1 fully saturated rings. The molecule has 160 valence electrons. The molecule has 0 amide bonds. The number of aliphatic hydroxyl groups is 2. The Morgan fingerprint density at radius 3 is 2.62 bits per heavy atom. The summed E-state index contributed by atoms with van der Waals surface area (Å²) in [6.07, 6.45) is 4.93. The molecule has 1 aromatic heterocycles. The largest absolute Gasteiger partial charge is 0.493 e. The molecule has 0 radical (unpaired) electrons. The van der Waals surface area contributed by atoms with Crippen molar-refractivity contribution in [2.45, 2.75) is 50.5 Å². The first-order chi connectivity index (χ1) is 14.1. The van der Waals surface area contributed by atoms with Gasteiger partial charge in [0.2, 0.25) is 0 Å². The first-order valence-electron chi connectivity index (χ1n) is 10.8. The number of piperidine rings is 1. The van der Waals surface area contributed by atoms with Gasteiger partial charge in [-0.25, -0.2) is 0 Å². The van der Waals surface area contributed by atoms with E-state index in [-0.39, 0.29) is 24.7 Å². The number of hydrogen-bond acceptors (Lipinski definition) is 5. The van der Waals surface area contributed by atoms with E-state index in [1.54, 1.807) is 14.2 Å². The van der Waals surface area contributed by atoms with Gasteiger partial charge in [-0.1, -0.05) is 6.42 Å². The number of nitrogens with zero attached hydrogens (tertiary/aromatic N) is 1. The zero-order valence-corrected chi connectivity index (χ0v) is 17.8. The van der Waals surface area contributed by atoms with Crippen LogP contribution in [-0.2, 0) is 11.8 Å². The number of unbranched alkanes of at least 4 members (excludes halogenated alkanes) is 1. The molecule has 29 heavy (non-hydrogen) atoms. The Morgan fingerprint density at radius 2 is 1.93 bits per heavy atom. The maximum Gasteiger partial charge on any atom is 0.162 e. The van der Waals surface area contributed by atoms with Crippen LogP contribution in [-0.4, -0.2) is 66.7 Å². The van der Waals surface area contributed by atoms with E-state index in [1.807, 2.05) is 6.07 Å². The third-order valence-corrected chi connectivity index (χ3v) is 7.35. The van der Waals surface area contributed by atoms with Gasteiger partial charge in [0.15, 0.2) is 11.5 Å². The Kier molecular flexibility index (Phi) is 5.78. The summed E-state index contributed by atoms with van der Waals surface area (Å²) in [6, 6.07) is 4.36. The fourth-order valence-corrected chi connectivity index (χ4v) is 5.72. The lowest BCUT2D eigenvalue weighted by Crippen LogP contribution is -2.57. The lowest BCUT2D eigenvalue weighted by molar-refractivity contribution is 0.00848. The molecule has 2 aliphatic heterocycles. The Hall–Kier alpha value is -1.76. The molecular formula is C23H34N2O4. The summed E-state index contributed by atoms with van der Waals surface area (Å²) < 4.78 is 11.1. The van der Waals surface area contributed by atoms with E-state index < -0.39 is 0 Å². The van der Waals surface area contributed by atoms with Crippen LogP contribution < -0.4 is 9.47 Å². The lowest BCUT2D eigenvalue weighted by Gasteiger charge is -2.49. The van der Waals surface area contributed by atoms with Crippen molar-refractivity contribution in [3.05, 3.63) is 23.4 Å². The lowest BCUT2D eigenvalue weighted by atomic mass is 9.67. The number of hydrogen-bond donors (Lipinski definition) is 3. The molecule has 3 heterocycles. The molecule has 4 rings (SSSR count). The van der Waals surface area contributed by atoms with Gasteiger partial charge >= 0.3 is 0 Å². The molecule has 3 N–H and O–H groups in total. The molecule has 1 aromatic carbocycles. The van der Waals surface area contributed by atoms with Crippen molar-refractivity contribution in [2.24, 2.45) is 5.92 Å². The SMILES string of the molecule is COc1cc2[nH]c3c(c2cc1OC)CCN1C[C@@H](CCCCO)CC3(CO)C1C. The highest BCUT2D eigenvalue weighted by molar-refractivity contribution is 5.88. The number of aliphatic hydroxyl groups excluding tert-OH is 2. The van der Waals surface area contributed by atoms with Crippen LogP contribution in [0.3, 0.4) is 0 Å². The smallest absolute Gasteiger partial charge is 0.162 e. The van der Waals surface area contributed by atoms with E-state index in [2.05, 4.69) is 22.9 Å². The van der Waals surface area contributed by atoms with Gasteiger partial charge in [-0.05, 0) is 50.2 Å².